The van der Waals surface area contributed by atoms with Crippen LogP contribution in [-0.2, 0) is 16.6 Å². The van der Waals surface area contributed by atoms with Crippen LogP contribution in [0.4, 0.5) is 4.79 Å². The summed E-state index contributed by atoms with van der Waals surface area (Å²) in [6.45, 7) is 2.14. The molecule has 0 spiro atoms. The SMILES string of the molecule is COc1ccc2c(c1)C13CCN(CC4CC4)C(C2)C12CCC(NC(=O)OCC(Cl)(Cl)Cl)C3CC2. The molecule has 4 bridgehead atoms. The molecule has 0 radical (unpaired) electrons. The van der Waals surface area contributed by atoms with Gasteiger partial charge in [0.05, 0.1) is 7.11 Å². The predicted octanol–water partition coefficient (Wildman–Crippen LogP) is 5.63. The van der Waals surface area contributed by atoms with E-state index in [9.17, 15) is 4.79 Å². The van der Waals surface area contributed by atoms with Gasteiger partial charge in [-0.2, -0.15) is 0 Å². The molecule has 34 heavy (non-hydrogen) atoms. The molecule has 3 saturated carbocycles. The molecule has 1 aromatic rings. The number of hydrogen-bond acceptors (Lipinski definition) is 4. The average Bonchev–Trinajstić information content (AvgIpc) is 3.58. The number of nitrogens with zero attached hydrogens (tertiary/aromatic N) is 1. The number of carbonyl (C=O) groups is 1. The van der Waals surface area contributed by atoms with E-state index >= 15 is 0 Å². The number of likely N-dealkylation sites (tertiary alicyclic amines) is 1. The second kappa shape index (κ2) is 8.33. The summed E-state index contributed by atoms with van der Waals surface area (Å²) in [7, 11) is 1.75. The first-order valence-corrected chi connectivity index (χ1v) is 13.8. The van der Waals surface area contributed by atoms with Crippen LogP contribution >= 0.6 is 34.8 Å². The van der Waals surface area contributed by atoms with Crippen molar-refractivity contribution in [2.45, 2.75) is 72.7 Å². The predicted molar refractivity (Wildman–Crippen MR) is 134 cm³/mol. The number of rotatable bonds is 5. The third-order valence-electron chi connectivity index (χ3n) is 9.75. The van der Waals surface area contributed by atoms with Crippen molar-refractivity contribution in [3.05, 3.63) is 29.3 Å². The summed E-state index contributed by atoms with van der Waals surface area (Å²) in [6.07, 6.45) is 9.01. The van der Waals surface area contributed by atoms with E-state index in [-0.39, 0.29) is 23.5 Å². The van der Waals surface area contributed by atoms with Gasteiger partial charge in [0.1, 0.15) is 12.4 Å². The highest BCUT2D eigenvalue weighted by Gasteiger charge is 2.71. The van der Waals surface area contributed by atoms with Crippen molar-refractivity contribution < 1.29 is 14.3 Å². The first-order chi connectivity index (χ1) is 16.3. The maximum Gasteiger partial charge on any atom is 0.407 e. The fourth-order valence-corrected chi connectivity index (χ4v) is 8.59. The van der Waals surface area contributed by atoms with E-state index in [1.807, 2.05) is 0 Å². The van der Waals surface area contributed by atoms with E-state index in [1.54, 1.807) is 7.11 Å². The van der Waals surface area contributed by atoms with Crippen LogP contribution in [0.3, 0.4) is 0 Å². The summed E-state index contributed by atoms with van der Waals surface area (Å²) in [5.41, 5.74) is 3.26. The van der Waals surface area contributed by atoms with Crippen LogP contribution in [0.1, 0.15) is 56.1 Å². The number of alkyl halides is 3. The number of alkyl carbamates (subject to hydrolysis) is 1. The molecule has 1 heterocycles. The van der Waals surface area contributed by atoms with Crippen LogP contribution in [0.5, 0.6) is 5.75 Å². The fourth-order valence-electron chi connectivity index (χ4n) is 8.42. The molecule has 1 N–H and O–H groups in total. The van der Waals surface area contributed by atoms with Crippen molar-refractivity contribution in [2.24, 2.45) is 17.3 Å². The molecule has 4 aliphatic carbocycles. The van der Waals surface area contributed by atoms with Gasteiger partial charge >= 0.3 is 6.09 Å². The highest BCUT2D eigenvalue weighted by molar-refractivity contribution is 6.67. The van der Waals surface area contributed by atoms with Crippen molar-refractivity contribution in [1.82, 2.24) is 10.2 Å². The zero-order valence-electron chi connectivity index (χ0n) is 19.6. The van der Waals surface area contributed by atoms with E-state index in [2.05, 4.69) is 28.4 Å². The standard InChI is InChI=1S/C26H33Cl3N2O3/c1-33-18-5-4-17-12-22-24-8-6-19(21(7-9-24)30-23(32)34-15-26(27,28)29)25(24,20(17)13-18)10-11-31(22)14-16-2-3-16/h4-5,13,16,19,21-22H,2-3,6-12,14-15H2,1H3,(H,30,32). The number of methoxy groups -OCH3 is 1. The molecule has 8 heteroatoms. The smallest absolute Gasteiger partial charge is 0.407 e. The Balaban J connectivity index is 1.35. The molecule has 1 amide bonds. The third-order valence-corrected chi connectivity index (χ3v) is 10.1. The molecule has 6 rings (SSSR count). The number of piperidine rings is 1. The lowest BCUT2D eigenvalue weighted by atomic mass is 9.43. The Hall–Kier alpha value is -0.880. The Morgan fingerprint density at radius 3 is 2.71 bits per heavy atom. The molecule has 1 aromatic carbocycles. The Labute approximate surface area is 216 Å². The number of fused-ring (bicyclic) bond motifs is 1. The second-order valence-corrected chi connectivity index (χ2v) is 13.7. The molecule has 5 aliphatic rings. The summed E-state index contributed by atoms with van der Waals surface area (Å²) in [4.78, 5) is 15.5. The molecule has 1 aliphatic heterocycles. The molecule has 0 aromatic heterocycles. The Morgan fingerprint density at radius 2 is 1.97 bits per heavy atom. The van der Waals surface area contributed by atoms with Gasteiger partial charge in [-0.15, -0.1) is 0 Å². The van der Waals surface area contributed by atoms with Gasteiger partial charge in [-0.3, -0.25) is 4.90 Å². The largest absolute Gasteiger partial charge is 0.497 e. The van der Waals surface area contributed by atoms with Crippen LogP contribution in [-0.4, -0.2) is 53.7 Å². The number of nitrogens with one attached hydrogen (secondary N) is 1. The number of hydrogen-bond donors (Lipinski definition) is 1. The first kappa shape index (κ1) is 23.5. The monoisotopic (exact) mass is 526 g/mol. The lowest BCUT2D eigenvalue weighted by Crippen LogP contribution is -2.70. The minimum atomic E-state index is -1.61. The number of carbonyl (C=O) groups excluding carboxylic acids is 1. The molecular formula is C26H33Cl3N2O3. The minimum Gasteiger partial charge on any atom is -0.497 e. The summed E-state index contributed by atoms with van der Waals surface area (Å²) < 4.78 is 9.33. The van der Waals surface area contributed by atoms with E-state index in [4.69, 9.17) is 44.3 Å². The molecule has 186 valence electrons. The van der Waals surface area contributed by atoms with Crippen LogP contribution < -0.4 is 10.1 Å². The minimum absolute atomic E-state index is 0.0608. The Bertz CT molecular complexity index is 981. The van der Waals surface area contributed by atoms with Gasteiger partial charge in [0.25, 0.3) is 0 Å². The summed E-state index contributed by atoms with van der Waals surface area (Å²) in [5.74, 6) is 2.20. The molecule has 5 unspecified atom stereocenters. The normalized spacial score (nSPS) is 36.4. The maximum atomic E-state index is 12.7. The summed E-state index contributed by atoms with van der Waals surface area (Å²) >= 11 is 17.4. The number of benzene rings is 1. The molecule has 4 fully saturated rings. The van der Waals surface area contributed by atoms with Crippen molar-refractivity contribution in [3.8, 4) is 5.75 Å². The van der Waals surface area contributed by atoms with Crippen LogP contribution in [0, 0.1) is 17.3 Å². The van der Waals surface area contributed by atoms with Gasteiger partial charge in [-0.1, -0.05) is 40.9 Å². The topological polar surface area (TPSA) is 50.8 Å². The van der Waals surface area contributed by atoms with Crippen molar-refractivity contribution in [2.75, 3.05) is 26.8 Å². The molecule has 5 atom stereocenters. The second-order valence-electron chi connectivity index (χ2n) is 11.2. The van der Waals surface area contributed by atoms with Crippen LogP contribution in [0.15, 0.2) is 18.2 Å². The van der Waals surface area contributed by atoms with E-state index in [1.165, 1.54) is 36.9 Å². The zero-order chi connectivity index (χ0) is 23.7. The highest BCUT2D eigenvalue weighted by Crippen LogP contribution is 2.72. The van der Waals surface area contributed by atoms with E-state index in [0.29, 0.717) is 12.0 Å². The highest BCUT2D eigenvalue weighted by atomic mass is 35.6. The van der Waals surface area contributed by atoms with Crippen LogP contribution in [0.2, 0.25) is 0 Å². The van der Waals surface area contributed by atoms with Gasteiger partial charge in [-0.25, -0.2) is 4.79 Å². The maximum absolute atomic E-state index is 12.7. The van der Waals surface area contributed by atoms with Gasteiger partial charge in [0, 0.05) is 24.0 Å². The number of amides is 1. The van der Waals surface area contributed by atoms with Gasteiger partial charge in [0.2, 0.25) is 3.79 Å². The van der Waals surface area contributed by atoms with Gasteiger partial charge in [0.15, 0.2) is 0 Å². The average molecular weight is 528 g/mol. The Kier molecular flexibility index (Phi) is 5.76. The van der Waals surface area contributed by atoms with Crippen molar-refractivity contribution in [1.29, 1.82) is 0 Å². The first-order valence-electron chi connectivity index (χ1n) is 12.7. The number of ether oxygens (including phenoxy) is 2. The van der Waals surface area contributed by atoms with Gasteiger partial charge in [-0.05, 0) is 98.4 Å². The lowest BCUT2D eigenvalue weighted by Gasteiger charge is -2.66. The summed E-state index contributed by atoms with van der Waals surface area (Å²) in [6, 6.07) is 7.36. The number of halogens is 3. The van der Waals surface area contributed by atoms with Crippen molar-refractivity contribution in [3.63, 3.8) is 0 Å². The van der Waals surface area contributed by atoms with Crippen molar-refractivity contribution >= 4 is 40.9 Å². The summed E-state index contributed by atoms with van der Waals surface area (Å²) in [5, 5.41) is 3.18. The molecule has 1 saturated heterocycles. The van der Waals surface area contributed by atoms with Gasteiger partial charge < -0.3 is 14.8 Å². The van der Waals surface area contributed by atoms with E-state index in [0.717, 1.165) is 50.3 Å². The molecule has 5 nitrogen and oxygen atoms in total. The Morgan fingerprint density at radius 1 is 1.18 bits per heavy atom. The third kappa shape index (κ3) is 3.64. The fraction of sp³-hybridized carbons (Fsp3) is 0.731. The quantitative estimate of drug-likeness (QED) is 0.504. The van der Waals surface area contributed by atoms with E-state index < -0.39 is 9.89 Å². The van der Waals surface area contributed by atoms with Crippen LogP contribution in [0.25, 0.3) is 0 Å². The molecular weight excluding hydrogens is 495 g/mol. The lowest BCUT2D eigenvalue weighted by molar-refractivity contribution is -0.0951. The zero-order valence-corrected chi connectivity index (χ0v) is 21.9.